The molecule has 3 rings (SSSR count). The van der Waals surface area contributed by atoms with Gasteiger partial charge in [0.1, 0.15) is 11.9 Å². The van der Waals surface area contributed by atoms with Gasteiger partial charge in [-0.05, 0) is 31.0 Å². The number of nitrogens with one attached hydrogen (secondary N) is 1. The van der Waals surface area contributed by atoms with Gasteiger partial charge in [-0.2, -0.15) is 0 Å². The Morgan fingerprint density at radius 3 is 3.04 bits per heavy atom. The molecule has 1 aromatic heterocycles. The number of hydrogen-bond donors (Lipinski definition) is 1. The van der Waals surface area contributed by atoms with Crippen molar-refractivity contribution in [1.82, 2.24) is 15.2 Å². The van der Waals surface area contributed by atoms with Crippen LogP contribution in [-0.2, 0) is 16.0 Å². The van der Waals surface area contributed by atoms with Crippen molar-refractivity contribution in [3.63, 3.8) is 0 Å². The second-order valence-electron chi connectivity index (χ2n) is 5.70. The summed E-state index contributed by atoms with van der Waals surface area (Å²) in [5.41, 5.74) is 3.19. The first kappa shape index (κ1) is 16.6. The molecule has 1 aliphatic rings. The summed E-state index contributed by atoms with van der Waals surface area (Å²) in [5.74, 6) is -0.792. The van der Waals surface area contributed by atoms with Crippen LogP contribution in [0, 0.1) is 12.7 Å². The van der Waals surface area contributed by atoms with Crippen LogP contribution in [0.3, 0.4) is 0 Å². The third-order valence-electron chi connectivity index (χ3n) is 4.11. The van der Waals surface area contributed by atoms with Crippen molar-refractivity contribution in [2.45, 2.75) is 25.8 Å². The van der Waals surface area contributed by atoms with E-state index in [-0.39, 0.29) is 11.8 Å². The Kier molecular flexibility index (Phi) is 4.89. The van der Waals surface area contributed by atoms with E-state index in [4.69, 9.17) is 0 Å². The Balaban J connectivity index is 1.77. The third kappa shape index (κ3) is 3.46. The molecule has 0 saturated carbocycles. The molecule has 5 nitrogen and oxygen atoms in total. The zero-order chi connectivity index (χ0) is 17.1. The monoisotopic (exact) mass is 347 g/mol. The average molecular weight is 347 g/mol. The van der Waals surface area contributed by atoms with E-state index in [2.05, 4.69) is 10.3 Å². The maximum atomic E-state index is 13.5. The lowest BCUT2D eigenvalue weighted by molar-refractivity contribution is -0.143. The zero-order valence-corrected chi connectivity index (χ0v) is 14.1. The van der Waals surface area contributed by atoms with Crippen molar-refractivity contribution >= 4 is 23.2 Å². The minimum Gasteiger partial charge on any atom is -0.352 e. The predicted molar refractivity (Wildman–Crippen MR) is 89.0 cm³/mol. The minimum absolute atomic E-state index is 0.105. The van der Waals surface area contributed by atoms with Crippen LogP contribution in [0.2, 0.25) is 0 Å². The normalized spacial score (nSPS) is 17.7. The van der Waals surface area contributed by atoms with E-state index in [9.17, 15) is 14.0 Å². The Bertz CT molecular complexity index is 762. The molecule has 1 aliphatic heterocycles. The topological polar surface area (TPSA) is 62.3 Å². The number of piperazine rings is 1. The first-order valence-corrected chi connectivity index (χ1v) is 8.66. The summed E-state index contributed by atoms with van der Waals surface area (Å²) >= 11 is 1.53. The highest BCUT2D eigenvalue weighted by Crippen LogP contribution is 2.25. The molecule has 1 atom stereocenters. The van der Waals surface area contributed by atoms with E-state index in [0.717, 1.165) is 10.6 Å². The van der Waals surface area contributed by atoms with Gasteiger partial charge in [0.15, 0.2) is 0 Å². The standard InChI is InChI=1S/C17H18FN3O2S/c1-11-14(24-10-20-11)5-6-15(22)21-8-7-19-17(23)16(21)12-3-2-4-13(18)9-12/h2-4,9-10,16H,5-8H2,1H3,(H,19,23)/t16-/m1/s1. The van der Waals surface area contributed by atoms with Crippen molar-refractivity contribution in [2.24, 2.45) is 0 Å². The number of benzene rings is 1. The number of aromatic nitrogens is 1. The fourth-order valence-corrected chi connectivity index (χ4v) is 3.65. The van der Waals surface area contributed by atoms with Crippen LogP contribution in [0.1, 0.15) is 28.6 Å². The number of hydrogen-bond acceptors (Lipinski definition) is 4. The molecule has 2 aromatic rings. The SMILES string of the molecule is Cc1ncsc1CCC(=O)N1CCNC(=O)[C@H]1c1cccc(F)c1. The number of nitrogens with zero attached hydrogens (tertiary/aromatic N) is 2. The van der Waals surface area contributed by atoms with Crippen LogP contribution in [0.4, 0.5) is 4.39 Å². The molecule has 0 bridgehead atoms. The van der Waals surface area contributed by atoms with Gasteiger partial charge in [0.05, 0.1) is 11.2 Å². The molecule has 1 N–H and O–H groups in total. The van der Waals surface area contributed by atoms with Gasteiger partial charge in [-0.15, -0.1) is 11.3 Å². The fraction of sp³-hybridized carbons (Fsp3) is 0.353. The second kappa shape index (κ2) is 7.09. The maximum Gasteiger partial charge on any atom is 0.247 e. The molecule has 0 radical (unpaired) electrons. The van der Waals surface area contributed by atoms with Crippen molar-refractivity contribution in [2.75, 3.05) is 13.1 Å². The Morgan fingerprint density at radius 1 is 1.50 bits per heavy atom. The highest BCUT2D eigenvalue weighted by atomic mass is 32.1. The first-order valence-electron chi connectivity index (χ1n) is 7.78. The molecular weight excluding hydrogens is 329 g/mol. The van der Waals surface area contributed by atoms with Crippen LogP contribution >= 0.6 is 11.3 Å². The van der Waals surface area contributed by atoms with E-state index < -0.39 is 11.9 Å². The summed E-state index contributed by atoms with van der Waals surface area (Å²) in [6, 6.07) is 5.08. The lowest BCUT2D eigenvalue weighted by atomic mass is 10.0. The Morgan fingerprint density at radius 2 is 2.33 bits per heavy atom. The van der Waals surface area contributed by atoms with Crippen LogP contribution in [0.5, 0.6) is 0 Å². The van der Waals surface area contributed by atoms with Crippen LogP contribution < -0.4 is 5.32 Å². The van der Waals surface area contributed by atoms with E-state index in [1.807, 2.05) is 6.92 Å². The average Bonchev–Trinajstić information content (AvgIpc) is 2.97. The van der Waals surface area contributed by atoms with Gasteiger partial charge >= 0.3 is 0 Å². The van der Waals surface area contributed by atoms with Crippen molar-refractivity contribution in [3.8, 4) is 0 Å². The molecule has 126 valence electrons. The van der Waals surface area contributed by atoms with Gasteiger partial charge in [-0.25, -0.2) is 9.37 Å². The van der Waals surface area contributed by atoms with Gasteiger partial charge in [0, 0.05) is 24.4 Å². The van der Waals surface area contributed by atoms with Gasteiger partial charge in [-0.3, -0.25) is 9.59 Å². The zero-order valence-electron chi connectivity index (χ0n) is 13.3. The molecule has 0 aliphatic carbocycles. The fourth-order valence-electron chi connectivity index (χ4n) is 2.87. The van der Waals surface area contributed by atoms with E-state index >= 15 is 0 Å². The van der Waals surface area contributed by atoms with Gasteiger partial charge < -0.3 is 10.2 Å². The van der Waals surface area contributed by atoms with Gasteiger partial charge in [0.25, 0.3) is 0 Å². The van der Waals surface area contributed by atoms with E-state index in [0.29, 0.717) is 31.5 Å². The predicted octanol–water partition coefficient (Wildman–Crippen LogP) is 2.22. The van der Waals surface area contributed by atoms with E-state index in [1.165, 1.54) is 23.5 Å². The molecule has 7 heteroatoms. The highest BCUT2D eigenvalue weighted by molar-refractivity contribution is 7.09. The van der Waals surface area contributed by atoms with Gasteiger partial charge in [-0.1, -0.05) is 12.1 Å². The lowest BCUT2D eigenvalue weighted by Gasteiger charge is -2.35. The van der Waals surface area contributed by atoms with Crippen LogP contribution in [-0.4, -0.2) is 34.8 Å². The molecule has 2 amide bonds. The number of amides is 2. The minimum atomic E-state index is -0.774. The summed E-state index contributed by atoms with van der Waals surface area (Å²) in [4.78, 5) is 31.7. The van der Waals surface area contributed by atoms with Crippen LogP contribution in [0.25, 0.3) is 0 Å². The van der Waals surface area contributed by atoms with Crippen molar-refractivity contribution in [3.05, 3.63) is 51.7 Å². The van der Waals surface area contributed by atoms with Crippen molar-refractivity contribution in [1.29, 1.82) is 0 Å². The maximum absolute atomic E-state index is 13.5. The molecule has 24 heavy (non-hydrogen) atoms. The summed E-state index contributed by atoms with van der Waals surface area (Å²) < 4.78 is 13.5. The molecule has 2 heterocycles. The number of carbonyl (C=O) groups is 2. The summed E-state index contributed by atoms with van der Waals surface area (Å²) in [5, 5.41) is 2.75. The third-order valence-corrected chi connectivity index (χ3v) is 5.10. The Hall–Kier alpha value is -2.28. The number of halogens is 1. The molecular formula is C17H18FN3O2S. The molecule has 1 fully saturated rings. The molecule has 1 aromatic carbocycles. The second-order valence-corrected chi connectivity index (χ2v) is 6.64. The van der Waals surface area contributed by atoms with Gasteiger partial charge in [0.2, 0.25) is 11.8 Å². The lowest BCUT2D eigenvalue weighted by Crippen LogP contribution is -2.52. The summed E-state index contributed by atoms with van der Waals surface area (Å²) in [6.45, 7) is 2.75. The largest absolute Gasteiger partial charge is 0.352 e. The number of thiazole rings is 1. The number of aryl methyl sites for hydroxylation is 2. The molecule has 0 unspecified atom stereocenters. The summed E-state index contributed by atoms with van der Waals surface area (Å²) in [6.07, 6.45) is 0.908. The Labute approximate surface area is 143 Å². The number of rotatable bonds is 4. The molecule has 0 spiro atoms. The number of carbonyl (C=O) groups excluding carboxylic acids is 2. The first-order chi connectivity index (χ1) is 11.6. The smallest absolute Gasteiger partial charge is 0.247 e. The van der Waals surface area contributed by atoms with E-state index in [1.54, 1.807) is 22.5 Å². The summed E-state index contributed by atoms with van der Waals surface area (Å²) in [7, 11) is 0. The van der Waals surface area contributed by atoms with Crippen molar-refractivity contribution < 1.29 is 14.0 Å². The molecule has 1 saturated heterocycles. The van der Waals surface area contributed by atoms with Crippen LogP contribution in [0.15, 0.2) is 29.8 Å². The highest BCUT2D eigenvalue weighted by Gasteiger charge is 2.34. The quantitative estimate of drug-likeness (QED) is 0.922.